The summed E-state index contributed by atoms with van der Waals surface area (Å²) in [5.74, 6) is -1.70. The average molecular weight is 494 g/mol. The van der Waals surface area contributed by atoms with Crippen LogP contribution in [0.15, 0.2) is 54.6 Å². The van der Waals surface area contributed by atoms with E-state index in [4.69, 9.17) is 46.4 Å². The molecule has 0 heterocycles. The highest BCUT2D eigenvalue weighted by molar-refractivity contribution is 7.87. The largest absolute Gasteiger partial charge is 0.503 e. The molecule has 1 atom stereocenters. The number of phenolic OH excluding ortho intramolecular Hbond substituents is 2. The molecule has 3 N–H and O–H groups in total. The monoisotopic (exact) mass is 492 g/mol. The molecule has 0 spiro atoms. The lowest BCUT2D eigenvalue weighted by atomic mass is 9.83. The Morgan fingerprint density at radius 1 is 0.690 bits per heavy atom. The lowest BCUT2D eigenvalue weighted by molar-refractivity contribution is 0.402. The Labute approximate surface area is 186 Å². The molecule has 0 aliphatic heterocycles. The van der Waals surface area contributed by atoms with Gasteiger partial charge >= 0.3 is 0 Å². The van der Waals surface area contributed by atoms with Crippen molar-refractivity contribution in [3.63, 3.8) is 0 Å². The van der Waals surface area contributed by atoms with Crippen molar-refractivity contribution < 1.29 is 23.2 Å². The summed E-state index contributed by atoms with van der Waals surface area (Å²) in [5, 5.41) is 18.9. The predicted octanol–water partition coefficient (Wildman–Crippen LogP) is 5.89. The lowest BCUT2D eigenvalue weighted by Crippen LogP contribution is -2.39. The molecular formula is C19H12Cl4O5S. The molecule has 0 aliphatic carbocycles. The Morgan fingerprint density at radius 2 is 1.17 bits per heavy atom. The van der Waals surface area contributed by atoms with E-state index in [9.17, 15) is 23.2 Å². The fourth-order valence-corrected chi connectivity index (χ4v) is 5.64. The van der Waals surface area contributed by atoms with Crippen LogP contribution < -0.4 is 0 Å². The van der Waals surface area contributed by atoms with Crippen LogP contribution in [0.1, 0.15) is 16.7 Å². The number of halogens is 4. The highest BCUT2D eigenvalue weighted by Crippen LogP contribution is 2.55. The molecule has 0 aliphatic rings. The molecule has 0 fully saturated rings. The van der Waals surface area contributed by atoms with Gasteiger partial charge in [0.15, 0.2) is 16.2 Å². The van der Waals surface area contributed by atoms with E-state index in [2.05, 4.69) is 0 Å². The summed E-state index contributed by atoms with van der Waals surface area (Å²) in [4.78, 5) is 0. The topological polar surface area (TPSA) is 94.8 Å². The van der Waals surface area contributed by atoms with Gasteiger partial charge in [-0.25, -0.2) is 0 Å². The molecule has 1 unspecified atom stereocenters. The third kappa shape index (κ3) is 3.44. The molecule has 3 aromatic carbocycles. The summed E-state index contributed by atoms with van der Waals surface area (Å²) in [7, 11) is -5.05. The Kier molecular flexibility index (Phi) is 5.98. The first-order valence-corrected chi connectivity index (χ1v) is 10.9. The van der Waals surface area contributed by atoms with Crippen LogP contribution in [0.5, 0.6) is 11.5 Å². The minimum atomic E-state index is -5.05. The SMILES string of the molecule is O=S(=O)(O)C(c1ccccc1)(c1ccc(Cl)cc1)c1c(Cl)c(O)c(O)c(Cl)c1Cl. The number of benzene rings is 3. The molecule has 5 nitrogen and oxygen atoms in total. The summed E-state index contributed by atoms with van der Waals surface area (Å²) in [6.07, 6.45) is 0. The van der Waals surface area contributed by atoms with Gasteiger partial charge in [-0.05, 0) is 23.3 Å². The van der Waals surface area contributed by atoms with E-state index < -0.39 is 47.0 Å². The molecule has 29 heavy (non-hydrogen) atoms. The van der Waals surface area contributed by atoms with Gasteiger partial charge in [0.05, 0.1) is 10.0 Å². The van der Waals surface area contributed by atoms with E-state index in [-0.39, 0.29) is 11.1 Å². The van der Waals surface area contributed by atoms with E-state index in [0.29, 0.717) is 5.02 Å². The van der Waals surface area contributed by atoms with Gasteiger partial charge in [0.1, 0.15) is 5.02 Å². The molecule has 0 radical (unpaired) electrons. The summed E-state index contributed by atoms with van der Waals surface area (Å²) in [6.45, 7) is 0. The number of hydrogen-bond donors (Lipinski definition) is 3. The second-order valence-corrected chi connectivity index (χ2v) is 9.18. The minimum Gasteiger partial charge on any atom is -0.503 e. The minimum absolute atomic E-state index is 0.0283. The van der Waals surface area contributed by atoms with Crippen LogP contribution in [-0.2, 0) is 14.9 Å². The van der Waals surface area contributed by atoms with Gasteiger partial charge in [0.2, 0.25) is 0 Å². The Hall–Kier alpha value is -1.67. The fraction of sp³-hybridized carbons (Fsp3) is 0.0526. The first kappa shape index (κ1) is 22.0. The van der Waals surface area contributed by atoms with Crippen molar-refractivity contribution in [2.75, 3.05) is 0 Å². The van der Waals surface area contributed by atoms with Crippen molar-refractivity contribution in [2.24, 2.45) is 0 Å². The highest BCUT2D eigenvalue weighted by Gasteiger charge is 2.52. The van der Waals surface area contributed by atoms with Gasteiger partial charge in [-0.2, -0.15) is 8.42 Å². The van der Waals surface area contributed by atoms with Crippen LogP contribution in [0.25, 0.3) is 0 Å². The predicted molar refractivity (Wildman–Crippen MR) is 114 cm³/mol. The number of aromatic hydroxyl groups is 2. The summed E-state index contributed by atoms with van der Waals surface area (Å²) >= 11 is 24.5. The molecule has 0 amide bonds. The van der Waals surface area contributed by atoms with E-state index in [1.165, 1.54) is 36.4 Å². The molecule has 3 aromatic rings. The Balaban J connectivity index is 2.64. The normalized spacial score (nSPS) is 13.8. The molecule has 0 bridgehead atoms. The van der Waals surface area contributed by atoms with Gasteiger partial charge in [0, 0.05) is 10.6 Å². The van der Waals surface area contributed by atoms with Gasteiger partial charge in [-0.3, -0.25) is 4.55 Å². The molecular weight excluding hydrogens is 482 g/mol. The van der Waals surface area contributed by atoms with E-state index in [0.717, 1.165) is 0 Å². The third-order valence-corrected chi connectivity index (χ3v) is 7.35. The summed E-state index contributed by atoms with van der Waals surface area (Å²) in [5.41, 5.74) is -0.326. The zero-order valence-corrected chi connectivity index (χ0v) is 18.1. The highest BCUT2D eigenvalue weighted by atomic mass is 35.5. The fourth-order valence-electron chi connectivity index (χ4n) is 3.19. The Bertz CT molecular complexity index is 1150. The maximum Gasteiger partial charge on any atom is 0.283 e. The molecule has 0 aromatic heterocycles. The lowest BCUT2D eigenvalue weighted by Gasteiger charge is -2.34. The van der Waals surface area contributed by atoms with Crippen LogP contribution in [0.2, 0.25) is 20.1 Å². The number of hydrogen-bond acceptors (Lipinski definition) is 4. The van der Waals surface area contributed by atoms with Gasteiger partial charge in [-0.1, -0.05) is 88.9 Å². The van der Waals surface area contributed by atoms with E-state index in [1.54, 1.807) is 18.2 Å². The van der Waals surface area contributed by atoms with Crippen molar-refractivity contribution in [1.82, 2.24) is 0 Å². The van der Waals surface area contributed by atoms with Crippen LogP contribution in [0.3, 0.4) is 0 Å². The first-order valence-electron chi connectivity index (χ1n) is 7.91. The quantitative estimate of drug-likeness (QED) is 0.182. The van der Waals surface area contributed by atoms with Gasteiger partial charge < -0.3 is 10.2 Å². The third-order valence-electron chi connectivity index (χ3n) is 4.44. The van der Waals surface area contributed by atoms with Crippen LogP contribution >= 0.6 is 46.4 Å². The smallest absolute Gasteiger partial charge is 0.283 e. The Morgan fingerprint density at radius 3 is 1.69 bits per heavy atom. The van der Waals surface area contributed by atoms with Crippen molar-refractivity contribution in [3.8, 4) is 11.5 Å². The second kappa shape index (κ2) is 7.87. The first-order chi connectivity index (χ1) is 13.5. The maximum absolute atomic E-state index is 13.0. The maximum atomic E-state index is 13.0. The van der Waals surface area contributed by atoms with Crippen molar-refractivity contribution in [2.45, 2.75) is 4.75 Å². The zero-order chi connectivity index (χ0) is 21.6. The van der Waals surface area contributed by atoms with E-state index in [1.807, 2.05) is 0 Å². The summed E-state index contributed by atoms with van der Waals surface area (Å²) in [6, 6.07) is 13.2. The average Bonchev–Trinajstić information content (AvgIpc) is 2.69. The van der Waals surface area contributed by atoms with Crippen molar-refractivity contribution in [1.29, 1.82) is 0 Å². The second-order valence-electron chi connectivity index (χ2n) is 6.04. The number of phenols is 2. The number of rotatable bonds is 4. The van der Waals surface area contributed by atoms with Crippen molar-refractivity contribution in [3.05, 3.63) is 91.4 Å². The van der Waals surface area contributed by atoms with Crippen LogP contribution in [-0.4, -0.2) is 23.2 Å². The van der Waals surface area contributed by atoms with Gasteiger partial charge in [-0.15, -0.1) is 0 Å². The van der Waals surface area contributed by atoms with Crippen LogP contribution in [0, 0.1) is 0 Å². The standard InChI is InChI=1S/C19H12Cl4O5S/c20-12-8-6-11(7-9-12)19(29(26,27)28,10-4-2-1-3-5-10)13-14(21)16(23)18(25)17(24)15(13)22/h1-9,24-25H,(H,26,27,28). The van der Waals surface area contributed by atoms with Gasteiger partial charge in [0.25, 0.3) is 10.1 Å². The molecule has 3 rings (SSSR count). The zero-order valence-electron chi connectivity index (χ0n) is 14.3. The van der Waals surface area contributed by atoms with Crippen molar-refractivity contribution >= 4 is 56.5 Å². The molecule has 10 heteroatoms. The summed E-state index contributed by atoms with van der Waals surface area (Å²) < 4.78 is 34.0. The molecule has 152 valence electrons. The van der Waals surface area contributed by atoms with E-state index >= 15 is 0 Å². The van der Waals surface area contributed by atoms with Crippen LogP contribution in [0.4, 0.5) is 0 Å². The molecule has 0 saturated carbocycles. The molecule has 0 saturated heterocycles.